The Kier molecular flexibility index (Phi) is 12.0. The van der Waals surface area contributed by atoms with Gasteiger partial charge in [-0.1, -0.05) is 39.8 Å². The SMILES string of the molecule is CC(C)CC(CSCc1ccc2sccc2c1)NON(C=O)C(CSCc1ccc2sccc2c1)CC(C)C. The molecule has 2 heterocycles. The van der Waals surface area contributed by atoms with E-state index in [9.17, 15) is 4.79 Å². The van der Waals surface area contributed by atoms with Gasteiger partial charge in [0.1, 0.15) is 0 Å². The first-order chi connectivity index (χ1) is 18.9. The van der Waals surface area contributed by atoms with E-state index in [0.717, 1.165) is 42.3 Å². The first-order valence-electron chi connectivity index (χ1n) is 13.6. The van der Waals surface area contributed by atoms with Crippen LogP contribution in [0.1, 0.15) is 51.7 Å². The van der Waals surface area contributed by atoms with Crippen LogP contribution < -0.4 is 5.48 Å². The molecule has 4 rings (SSSR count). The molecule has 4 aromatic rings. The number of thiophene rings is 2. The topological polar surface area (TPSA) is 41.6 Å². The minimum Gasteiger partial charge on any atom is -0.276 e. The average molecular weight is 601 g/mol. The second-order valence-electron chi connectivity index (χ2n) is 10.9. The lowest BCUT2D eigenvalue weighted by molar-refractivity contribution is -0.223. The zero-order chi connectivity index (χ0) is 27.6. The highest BCUT2D eigenvalue weighted by atomic mass is 32.2. The van der Waals surface area contributed by atoms with Gasteiger partial charge in [-0.2, -0.15) is 33.9 Å². The third-order valence-corrected chi connectivity index (χ3v) is 10.6. The molecule has 4 nitrogen and oxygen atoms in total. The summed E-state index contributed by atoms with van der Waals surface area (Å²) >= 11 is 7.33. The summed E-state index contributed by atoms with van der Waals surface area (Å²) in [6.07, 6.45) is 2.72. The fourth-order valence-corrected chi connectivity index (χ4v) is 8.32. The molecule has 0 spiro atoms. The predicted octanol–water partition coefficient (Wildman–Crippen LogP) is 9.01. The number of nitrogens with zero attached hydrogens (tertiary/aromatic N) is 1. The van der Waals surface area contributed by atoms with Gasteiger partial charge in [0.15, 0.2) is 0 Å². The minimum absolute atomic E-state index is 0.00886. The van der Waals surface area contributed by atoms with Crippen molar-refractivity contribution in [3.05, 3.63) is 70.4 Å². The van der Waals surface area contributed by atoms with Gasteiger partial charge in [0.25, 0.3) is 0 Å². The zero-order valence-electron chi connectivity index (χ0n) is 23.3. The van der Waals surface area contributed by atoms with Crippen molar-refractivity contribution in [2.24, 2.45) is 11.8 Å². The maximum absolute atomic E-state index is 12.1. The van der Waals surface area contributed by atoms with Gasteiger partial charge in [-0.15, -0.1) is 22.7 Å². The molecular weight excluding hydrogens is 561 g/mol. The van der Waals surface area contributed by atoms with Crippen molar-refractivity contribution >= 4 is 72.8 Å². The molecule has 2 aromatic heterocycles. The third kappa shape index (κ3) is 9.51. The van der Waals surface area contributed by atoms with Gasteiger partial charge < -0.3 is 0 Å². The summed E-state index contributed by atoms with van der Waals surface area (Å²) < 4.78 is 2.66. The number of hydroxylamine groups is 3. The Morgan fingerprint density at radius 3 is 1.92 bits per heavy atom. The number of thioether (sulfide) groups is 2. The fraction of sp³-hybridized carbons (Fsp3) is 0.452. The summed E-state index contributed by atoms with van der Waals surface area (Å²) in [5.41, 5.74) is 5.92. The monoisotopic (exact) mass is 600 g/mol. The number of hydrogen-bond acceptors (Lipinski definition) is 7. The highest BCUT2D eigenvalue weighted by Crippen LogP contribution is 2.26. The lowest BCUT2D eigenvalue weighted by Crippen LogP contribution is -2.45. The highest BCUT2D eigenvalue weighted by Gasteiger charge is 2.22. The molecule has 0 aliphatic rings. The van der Waals surface area contributed by atoms with E-state index in [-0.39, 0.29) is 12.1 Å². The zero-order valence-corrected chi connectivity index (χ0v) is 26.6. The van der Waals surface area contributed by atoms with Crippen molar-refractivity contribution in [2.45, 2.75) is 64.1 Å². The van der Waals surface area contributed by atoms with Gasteiger partial charge in [0, 0.05) is 38.5 Å². The van der Waals surface area contributed by atoms with E-state index < -0.39 is 0 Å². The molecule has 0 aliphatic heterocycles. The summed E-state index contributed by atoms with van der Waals surface area (Å²) in [5.74, 6) is 4.62. The molecule has 1 amide bonds. The number of benzene rings is 2. The van der Waals surface area contributed by atoms with Crippen molar-refractivity contribution in [1.29, 1.82) is 0 Å². The number of hydrogen-bond donors (Lipinski definition) is 1. The van der Waals surface area contributed by atoms with Crippen LogP contribution in [0.25, 0.3) is 20.2 Å². The van der Waals surface area contributed by atoms with Crippen LogP contribution in [-0.2, 0) is 21.2 Å². The van der Waals surface area contributed by atoms with E-state index >= 15 is 0 Å². The number of nitrogens with one attached hydrogen (secondary N) is 1. The van der Waals surface area contributed by atoms with Gasteiger partial charge in [-0.25, -0.2) is 5.06 Å². The Morgan fingerprint density at radius 2 is 1.38 bits per heavy atom. The van der Waals surface area contributed by atoms with Crippen LogP contribution in [0.2, 0.25) is 0 Å². The van der Waals surface area contributed by atoms with Crippen molar-refractivity contribution in [3.8, 4) is 0 Å². The van der Waals surface area contributed by atoms with Gasteiger partial charge in [0.05, 0.1) is 6.04 Å². The number of fused-ring (bicyclic) bond motifs is 2. The second kappa shape index (κ2) is 15.5. The van der Waals surface area contributed by atoms with Crippen molar-refractivity contribution in [2.75, 3.05) is 11.5 Å². The third-order valence-electron chi connectivity index (χ3n) is 6.49. The normalized spacial score (nSPS) is 13.5. The highest BCUT2D eigenvalue weighted by molar-refractivity contribution is 7.98. The van der Waals surface area contributed by atoms with Crippen LogP contribution >= 0.6 is 46.2 Å². The molecule has 210 valence electrons. The van der Waals surface area contributed by atoms with E-state index in [1.165, 1.54) is 36.4 Å². The second-order valence-corrected chi connectivity index (χ2v) is 14.9. The minimum atomic E-state index is 0.00886. The smallest absolute Gasteiger partial charge is 0.235 e. The molecule has 2 aromatic carbocycles. The lowest BCUT2D eigenvalue weighted by atomic mass is 10.1. The van der Waals surface area contributed by atoms with E-state index in [0.29, 0.717) is 11.8 Å². The molecule has 0 radical (unpaired) electrons. The van der Waals surface area contributed by atoms with Crippen LogP contribution in [0.5, 0.6) is 0 Å². The van der Waals surface area contributed by atoms with E-state index in [1.54, 1.807) is 22.7 Å². The molecule has 2 atom stereocenters. The Balaban J connectivity index is 1.29. The van der Waals surface area contributed by atoms with E-state index in [1.807, 2.05) is 23.5 Å². The molecule has 8 heteroatoms. The molecule has 0 saturated heterocycles. The van der Waals surface area contributed by atoms with Crippen molar-refractivity contribution in [3.63, 3.8) is 0 Å². The molecule has 2 unspecified atom stereocenters. The standard InChI is InChI=1S/C31H40N2O2S4/c1-22(2)13-28(19-36-17-24-5-7-30-26(15-24)9-11-38-30)32-35-33(21-34)29(14-23(3)4)20-37-18-25-6-8-31-27(16-25)10-12-39-31/h5-12,15-16,21-23,28-29,32H,13-14,17-20H2,1-4H3. The lowest BCUT2D eigenvalue weighted by Gasteiger charge is -2.30. The van der Waals surface area contributed by atoms with Gasteiger partial charge in [0.2, 0.25) is 6.41 Å². The van der Waals surface area contributed by atoms with Gasteiger partial charge in [-0.3, -0.25) is 4.79 Å². The van der Waals surface area contributed by atoms with Crippen LogP contribution in [0, 0.1) is 11.8 Å². The molecule has 1 N–H and O–H groups in total. The molecule has 0 saturated carbocycles. The number of rotatable bonds is 17. The summed E-state index contributed by atoms with van der Waals surface area (Å²) in [6.45, 7) is 8.86. The van der Waals surface area contributed by atoms with E-state index in [4.69, 9.17) is 4.94 Å². The van der Waals surface area contributed by atoms with Gasteiger partial charge in [-0.05, 0) is 93.7 Å². The van der Waals surface area contributed by atoms with Crippen LogP contribution in [0.4, 0.5) is 0 Å². The number of amides is 1. The average Bonchev–Trinajstić information content (AvgIpc) is 3.57. The maximum Gasteiger partial charge on any atom is 0.235 e. The summed E-state index contributed by atoms with van der Waals surface area (Å²) in [4.78, 5) is 18.2. The molecule has 0 fully saturated rings. The van der Waals surface area contributed by atoms with Crippen molar-refractivity contribution < 1.29 is 9.73 Å². The van der Waals surface area contributed by atoms with Crippen LogP contribution in [-0.4, -0.2) is 35.1 Å². The Labute approximate surface area is 249 Å². The molecular formula is C31H40N2O2S4. The largest absolute Gasteiger partial charge is 0.276 e. The molecule has 0 aliphatic carbocycles. The van der Waals surface area contributed by atoms with Gasteiger partial charge >= 0.3 is 0 Å². The number of carbonyl (C=O) groups excluding carboxylic acids is 1. The van der Waals surface area contributed by atoms with Crippen molar-refractivity contribution in [1.82, 2.24) is 10.5 Å². The van der Waals surface area contributed by atoms with Crippen LogP contribution in [0.3, 0.4) is 0 Å². The Morgan fingerprint density at radius 1 is 0.821 bits per heavy atom. The maximum atomic E-state index is 12.1. The quantitative estimate of drug-likeness (QED) is 0.0967. The summed E-state index contributed by atoms with van der Waals surface area (Å²) in [7, 11) is 0. The first kappa shape index (κ1) is 30.4. The predicted molar refractivity (Wildman–Crippen MR) is 175 cm³/mol. The molecule has 39 heavy (non-hydrogen) atoms. The van der Waals surface area contributed by atoms with Crippen LogP contribution in [0.15, 0.2) is 59.3 Å². The Bertz CT molecular complexity index is 1300. The Hall–Kier alpha value is -1.55. The molecule has 0 bridgehead atoms. The summed E-state index contributed by atoms with van der Waals surface area (Å²) in [6, 6.07) is 18.0. The fourth-order valence-electron chi connectivity index (χ4n) is 4.67. The van der Waals surface area contributed by atoms with E-state index in [2.05, 4.69) is 92.5 Å². The number of carbonyl (C=O) groups is 1. The first-order valence-corrected chi connectivity index (χ1v) is 17.7. The summed E-state index contributed by atoms with van der Waals surface area (Å²) in [5, 5.41) is 8.43.